The van der Waals surface area contributed by atoms with Gasteiger partial charge in [-0.2, -0.15) is 0 Å². The van der Waals surface area contributed by atoms with E-state index in [0.717, 1.165) is 39.1 Å². The quantitative estimate of drug-likeness (QED) is 0.791. The minimum absolute atomic E-state index is 0.219. The molecule has 1 aliphatic rings. The summed E-state index contributed by atoms with van der Waals surface area (Å²) in [5.74, 6) is 0. The van der Waals surface area contributed by atoms with E-state index in [1.165, 1.54) is 11.1 Å². The zero-order valence-corrected chi connectivity index (χ0v) is 10.4. The van der Waals surface area contributed by atoms with E-state index in [2.05, 4.69) is 29.6 Å². The molecule has 0 saturated carbocycles. The molecule has 0 aliphatic carbocycles. The van der Waals surface area contributed by atoms with Crippen molar-refractivity contribution in [1.82, 2.24) is 5.32 Å². The standard InChI is InChI=1S/C14H21NO2/c1-16-9-2-3-12-4-6-13(7-5-12)14-11-15-8-10-17-14/h4-7,14-15H,2-3,8-11H2,1H3. The predicted molar refractivity (Wildman–Crippen MR) is 68.2 cm³/mol. The SMILES string of the molecule is COCCCc1ccc(C2CNCCO2)cc1. The number of ether oxygens (including phenoxy) is 2. The van der Waals surface area contributed by atoms with Crippen molar-refractivity contribution < 1.29 is 9.47 Å². The molecule has 1 heterocycles. The molecule has 3 nitrogen and oxygen atoms in total. The van der Waals surface area contributed by atoms with Crippen LogP contribution in [0.5, 0.6) is 0 Å². The molecule has 0 spiro atoms. The molecule has 0 radical (unpaired) electrons. The lowest BCUT2D eigenvalue weighted by molar-refractivity contribution is 0.0277. The molecule has 1 aromatic carbocycles. The van der Waals surface area contributed by atoms with E-state index in [1.54, 1.807) is 7.11 Å². The molecule has 2 rings (SSSR count). The average molecular weight is 235 g/mol. The summed E-state index contributed by atoms with van der Waals surface area (Å²) in [5, 5.41) is 3.35. The molecule has 1 saturated heterocycles. The summed E-state index contributed by atoms with van der Waals surface area (Å²) in [6.07, 6.45) is 2.38. The van der Waals surface area contributed by atoms with E-state index in [1.807, 2.05) is 0 Å². The van der Waals surface area contributed by atoms with Crippen molar-refractivity contribution in [1.29, 1.82) is 0 Å². The van der Waals surface area contributed by atoms with Gasteiger partial charge in [-0.15, -0.1) is 0 Å². The molecule has 94 valence electrons. The van der Waals surface area contributed by atoms with Crippen LogP contribution >= 0.6 is 0 Å². The van der Waals surface area contributed by atoms with Crippen LogP contribution in [0.1, 0.15) is 23.7 Å². The lowest BCUT2D eigenvalue weighted by Crippen LogP contribution is -2.33. The Labute approximate surface area is 103 Å². The summed E-state index contributed by atoms with van der Waals surface area (Å²) in [5.41, 5.74) is 2.64. The van der Waals surface area contributed by atoms with Crippen molar-refractivity contribution >= 4 is 0 Å². The number of methoxy groups -OCH3 is 1. The third-order valence-corrected chi connectivity index (χ3v) is 3.09. The average Bonchev–Trinajstić information content (AvgIpc) is 2.41. The molecular formula is C14H21NO2. The number of hydrogen-bond donors (Lipinski definition) is 1. The lowest BCUT2D eigenvalue weighted by Gasteiger charge is -2.24. The normalized spacial score (nSPS) is 20.4. The Morgan fingerprint density at radius 1 is 1.35 bits per heavy atom. The Morgan fingerprint density at radius 2 is 2.18 bits per heavy atom. The van der Waals surface area contributed by atoms with Crippen molar-refractivity contribution in [3.63, 3.8) is 0 Å². The van der Waals surface area contributed by atoms with E-state index in [4.69, 9.17) is 9.47 Å². The highest BCUT2D eigenvalue weighted by molar-refractivity contribution is 5.24. The number of hydrogen-bond acceptors (Lipinski definition) is 3. The zero-order chi connectivity index (χ0) is 11.9. The van der Waals surface area contributed by atoms with Crippen LogP contribution in [0.2, 0.25) is 0 Å². The van der Waals surface area contributed by atoms with Gasteiger partial charge >= 0.3 is 0 Å². The van der Waals surface area contributed by atoms with E-state index in [9.17, 15) is 0 Å². The van der Waals surface area contributed by atoms with Gasteiger partial charge in [0.25, 0.3) is 0 Å². The number of benzene rings is 1. The van der Waals surface area contributed by atoms with Gasteiger partial charge in [-0.1, -0.05) is 24.3 Å². The largest absolute Gasteiger partial charge is 0.385 e. The Morgan fingerprint density at radius 3 is 2.82 bits per heavy atom. The lowest BCUT2D eigenvalue weighted by atomic mass is 10.0. The van der Waals surface area contributed by atoms with Crippen LogP contribution < -0.4 is 5.32 Å². The number of morpholine rings is 1. The zero-order valence-electron chi connectivity index (χ0n) is 10.4. The smallest absolute Gasteiger partial charge is 0.0949 e. The maximum absolute atomic E-state index is 5.72. The van der Waals surface area contributed by atoms with Gasteiger partial charge in [0, 0.05) is 26.8 Å². The molecule has 0 amide bonds. The topological polar surface area (TPSA) is 30.5 Å². The van der Waals surface area contributed by atoms with Gasteiger partial charge in [0.1, 0.15) is 0 Å². The van der Waals surface area contributed by atoms with E-state index < -0.39 is 0 Å². The van der Waals surface area contributed by atoms with Gasteiger partial charge in [-0.3, -0.25) is 0 Å². The van der Waals surface area contributed by atoms with Gasteiger partial charge in [0.05, 0.1) is 12.7 Å². The number of nitrogens with one attached hydrogen (secondary N) is 1. The number of aryl methyl sites for hydroxylation is 1. The first-order valence-corrected chi connectivity index (χ1v) is 6.30. The second kappa shape index (κ2) is 6.74. The van der Waals surface area contributed by atoms with E-state index in [-0.39, 0.29) is 6.10 Å². The first-order chi connectivity index (χ1) is 8.40. The Hall–Kier alpha value is -0.900. The number of rotatable bonds is 5. The minimum atomic E-state index is 0.219. The maximum Gasteiger partial charge on any atom is 0.0949 e. The minimum Gasteiger partial charge on any atom is -0.385 e. The first kappa shape index (κ1) is 12.6. The van der Waals surface area contributed by atoms with Crippen LogP contribution in [0, 0.1) is 0 Å². The van der Waals surface area contributed by atoms with Gasteiger partial charge in [0.2, 0.25) is 0 Å². The van der Waals surface area contributed by atoms with Crippen molar-refractivity contribution in [2.75, 3.05) is 33.4 Å². The summed E-state index contributed by atoms with van der Waals surface area (Å²) < 4.78 is 10.8. The fourth-order valence-corrected chi connectivity index (χ4v) is 2.10. The molecule has 0 bridgehead atoms. The van der Waals surface area contributed by atoms with Crippen LogP contribution in [-0.4, -0.2) is 33.4 Å². The van der Waals surface area contributed by atoms with E-state index >= 15 is 0 Å². The summed E-state index contributed by atoms with van der Waals surface area (Å²) in [6, 6.07) is 8.76. The summed E-state index contributed by atoms with van der Waals surface area (Å²) in [7, 11) is 1.75. The Bertz CT molecular complexity index is 317. The molecular weight excluding hydrogens is 214 g/mol. The fourth-order valence-electron chi connectivity index (χ4n) is 2.10. The third-order valence-electron chi connectivity index (χ3n) is 3.09. The van der Waals surface area contributed by atoms with E-state index in [0.29, 0.717) is 0 Å². The molecule has 1 aromatic rings. The Balaban J connectivity index is 1.88. The summed E-state index contributed by atoms with van der Waals surface area (Å²) >= 11 is 0. The summed E-state index contributed by atoms with van der Waals surface area (Å²) in [6.45, 7) is 3.52. The monoisotopic (exact) mass is 235 g/mol. The first-order valence-electron chi connectivity index (χ1n) is 6.30. The van der Waals surface area contributed by atoms with Crippen LogP contribution in [0.3, 0.4) is 0 Å². The van der Waals surface area contributed by atoms with Gasteiger partial charge < -0.3 is 14.8 Å². The predicted octanol–water partition coefficient (Wildman–Crippen LogP) is 1.93. The second-order valence-electron chi connectivity index (χ2n) is 4.40. The third kappa shape index (κ3) is 3.80. The van der Waals surface area contributed by atoms with Crippen molar-refractivity contribution in [2.24, 2.45) is 0 Å². The highest BCUT2D eigenvalue weighted by atomic mass is 16.5. The van der Waals surface area contributed by atoms with Crippen LogP contribution in [-0.2, 0) is 15.9 Å². The van der Waals surface area contributed by atoms with Crippen molar-refractivity contribution in [3.05, 3.63) is 35.4 Å². The second-order valence-corrected chi connectivity index (χ2v) is 4.40. The highest BCUT2D eigenvalue weighted by Crippen LogP contribution is 2.19. The Kier molecular flexibility index (Phi) is 4.98. The highest BCUT2D eigenvalue weighted by Gasteiger charge is 2.14. The molecule has 17 heavy (non-hydrogen) atoms. The van der Waals surface area contributed by atoms with Gasteiger partial charge in [0.15, 0.2) is 0 Å². The molecule has 1 N–H and O–H groups in total. The van der Waals surface area contributed by atoms with Crippen LogP contribution in [0.15, 0.2) is 24.3 Å². The molecule has 3 heteroatoms. The molecule has 1 unspecified atom stereocenters. The molecule has 0 aromatic heterocycles. The van der Waals surface area contributed by atoms with Gasteiger partial charge in [-0.25, -0.2) is 0 Å². The molecule has 1 atom stereocenters. The molecule has 1 fully saturated rings. The maximum atomic E-state index is 5.72. The summed E-state index contributed by atoms with van der Waals surface area (Å²) in [4.78, 5) is 0. The molecule has 1 aliphatic heterocycles. The van der Waals surface area contributed by atoms with Crippen molar-refractivity contribution in [2.45, 2.75) is 18.9 Å². The van der Waals surface area contributed by atoms with Crippen LogP contribution in [0.25, 0.3) is 0 Å². The van der Waals surface area contributed by atoms with Crippen LogP contribution in [0.4, 0.5) is 0 Å². The fraction of sp³-hybridized carbons (Fsp3) is 0.571. The van der Waals surface area contributed by atoms with Crippen molar-refractivity contribution in [3.8, 4) is 0 Å². The van der Waals surface area contributed by atoms with Gasteiger partial charge in [-0.05, 0) is 24.0 Å².